The number of carbonyl (C=O) groups is 1. The molecule has 0 atom stereocenters. The van der Waals surface area contributed by atoms with Crippen LogP contribution in [0.5, 0.6) is 0 Å². The van der Waals surface area contributed by atoms with Gasteiger partial charge in [0.1, 0.15) is 0 Å². The molecular weight excluding hydrogens is 196 g/mol. The molecule has 3 heteroatoms. The van der Waals surface area contributed by atoms with E-state index in [1.54, 1.807) is 13.8 Å². The van der Waals surface area contributed by atoms with Gasteiger partial charge >= 0.3 is 5.97 Å². The van der Waals surface area contributed by atoms with E-state index in [1.165, 1.54) is 5.75 Å². The fourth-order valence-corrected chi connectivity index (χ4v) is 2.03. The molecule has 0 rings (SSSR count). The highest BCUT2D eigenvalue weighted by Gasteiger charge is 2.25. The SMILES string of the molecule is CC(C)CSCCCC(C)(C)C(=O)O. The van der Waals surface area contributed by atoms with Gasteiger partial charge in [-0.05, 0) is 44.1 Å². The lowest BCUT2D eigenvalue weighted by Gasteiger charge is -2.18. The number of aliphatic carboxylic acids is 1. The molecule has 0 aromatic heterocycles. The number of rotatable bonds is 7. The van der Waals surface area contributed by atoms with Gasteiger partial charge in [-0.15, -0.1) is 0 Å². The van der Waals surface area contributed by atoms with Crippen molar-refractivity contribution in [2.24, 2.45) is 11.3 Å². The molecule has 84 valence electrons. The van der Waals surface area contributed by atoms with Crippen molar-refractivity contribution in [3.05, 3.63) is 0 Å². The molecule has 0 aromatic carbocycles. The summed E-state index contributed by atoms with van der Waals surface area (Å²) in [6.07, 6.45) is 1.77. The van der Waals surface area contributed by atoms with E-state index in [4.69, 9.17) is 5.11 Å². The van der Waals surface area contributed by atoms with E-state index >= 15 is 0 Å². The molecular formula is C11H22O2S. The maximum absolute atomic E-state index is 10.8. The van der Waals surface area contributed by atoms with Crippen molar-refractivity contribution in [3.8, 4) is 0 Å². The minimum absolute atomic E-state index is 0.557. The zero-order valence-corrected chi connectivity index (χ0v) is 10.5. The largest absolute Gasteiger partial charge is 0.481 e. The van der Waals surface area contributed by atoms with Crippen LogP contribution >= 0.6 is 11.8 Å². The molecule has 14 heavy (non-hydrogen) atoms. The highest BCUT2D eigenvalue weighted by Crippen LogP contribution is 2.23. The summed E-state index contributed by atoms with van der Waals surface area (Å²) >= 11 is 1.92. The Morgan fingerprint density at radius 2 is 2.00 bits per heavy atom. The third-order valence-electron chi connectivity index (χ3n) is 2.12. The van der Waals surface area contributed by atoms with Gasteiger partial charge < -0.3 is 5.11 Å². The van der Waals surface area contributed by atoms with E-state index in [-0.39, 0.29) is 0 Å². The Labute approximate surface area is 91.5 Å². The van der Waals surface area contributed by atoms with Crippen LogP contribution in [0, 0.1) is 11.3 Å². The number of carboxylic acids is 1. The first-order valence-electron chi connectivity index (χ1n) is 5.17. The molecule has 0 aliphatic heterocycles. The molecule has 2 nitrogen and oxygen atoms in total. The van der Waals surface area contributed by atoms with Crippen LogP contribution in [0.3, 0.4) is 0 Å². The Morgan fingerprint density at radius 1 is 1.43 bits per heavy atom. The topological polar surface area (TPSA) is 37.3 Å². The summed E-state index contributed by atoms with van der Waals surface area (Å²) in [7, 11) is 0. The normalized spacial score (nSPS) is 12.1. The molecule has 0 bridgehead atoms. The predicted molar refractivity (Wildman–Crippen MR) is 62.8 cm³/mol. The smallest absolute Gasteiger partial charge is 0.309 e. The van der Waals surface area contributed by atoms with Gasteiger partial charge in [0.25, 0.3) is 0 Å². The fourth-order valence-electron chi connectivity index (χ4n) is 1.04. The Balaban J connectivity index is 3.49. The lowest BCUT2D eigenvalue weighted by atomic mass is 9.88. The molecule has 0 unspecified atom stereocenters. The first-order chi connectivity index (χ1) is 6.36. The monoisotopic (exact) mass is 218 g/mol. The minimum atomic E-state index is -0.689. The Morgan fingerprint density at radius 3 is 2.43 bits per heavy atom. The van der Waals surface area contributed by atoms with Crippen molar-refractivity contribution in [1.29, 1.82) is 0 Å². The van der Waals surface area contributed by atoms with Crippen molar-refractivity contribution < 1.29 is 9.90 Å². The van der Waals surface area contributed by atoms with Crippen LogP contribution in [0.15, 0.2) is 0 Å². The number of hydrogen-bond acceptors (Lipinski definition) is 2. The molecule has 0 saturated heterocycles. The van der Waals surface area contributed by atoms with Crippen molar-refractivity contribution in [1.82, 2.24) is 0 Å². The minimum Gasteiger partial charge on any atom is -0.481 e. The molecule has 0 aliphatic carbocycles. The first-order valence-corrected chi connectivity index (χ1v) is 6.33. The van der Waals surface area contributed by atoms with Crippen LogP contribution in [0.2, 0.25) is 0 Å². The maximum Gasteiger partial charge on any atom is 0.309 e. The second-order valence-corrected chi connectivity index (χ2v) is 5.91. The second-order valence-electron chi connectivity index (χ2n) is 4.76. The van der Waals surface area contributed by atoms with E-state index in [9.17, 15) is 4.79 Å². The van der Waals surface area contributed by atoms with Gasteiger partial charge in [0.15, 0.2) is 0 Å². The van der Waals surface area contributed by atoms with Gasteiger partial charge in [-0.25, -0.2) is 0 Å². The maximum atomic E-state index is 10.8. The summed E-state index contributed by atoms with van der Waals surface area (Å²) in [6.45, 7) is 7.99. The average Bonchev–Trinajstić information content (AvgIpc) is 2.02. The molecule has 1 N–H and O–H groups in total. The van der Waals surface area contributed by atoms with E-state index in [2.05, 4.69) is 13.8 Å². The van der Waals surface area contributed by atoms with E-state index in [1.807, 2.05) is 11.8 Å². The van der Waals surface area contributed by atoms with Gasteiger partial charge in [0, 0.05) is 0 Å². The summed E-state index contributed by atoms with van der Waals surface area (Å²) in [6, 6.07) is 0. The Kier molecular flexibility index (Phi) is 6.25. The van der Waals surface area contributed by atoms with Gasteiger partial charge in [0.2, 0.25) is 0 Å². The zero-order valence-electron chi connectivity index (χ0n) is 9.67. The molecule has 0 aromatic rings. The van der Waals surface area contributed by atoms with Gasteiger partial charge in [0.05, 0.1) is 5.41 Å². The number of carboxylic acid groups (broad SMARTS) is 1. The zero-order chi connectivity index (χ0) is 11.2. The van der Waals surface area contributed by atoms with Crippen LogP contribution in [0.1, 0.15) is 40.5 Å². The van der Waals surface area contributed by atoms with E-state index < -0.39 is 11.4 Å². The van der Waals surface area contributed by atoms with Crippen LogP contribution in [-0.2, 0) is 4.79 Å². The van der Waals surface area contributed by atoms with Crippen LogP contribution < -0.4 is 0 Å². The van der Waals surface area contributed by atoms with E-state index in [0.29, 0.717) is 0 Å². The molecule has 0 aliphatic rings. The molecule has 0 fully saturated rings. The van der Waals surface area contributed by atoms with Crippen molar-refractivity contribution in [2.45, 2.75) is 40.5 Å². The lowest BCUT2D eigenvalue weighted by molar-refractivity contribution is -0.147. The van der Waals surface area contributed by atoms with Crippen molar-refractivity contribution in [3.63, 3.8) is 0 Å². The highest BCUT2D eigenvalue weighted by atomic mass is 32.2. The highest BCUT2D eigenvalue weighted by molar-refractivity contribution is 7.99. The third-order valence-corrected chi connectivity index (χ3v) is 3.60. The van der Waals surface area contributed by atoms with Crippen molar-refractivity contribution >= 4 is 17.7 Å². The number of hydrogen-bond donors (Lipinski definition) is 1. The van der Waals surface area contributed by atoms with Crippen LogP contribution in [0.25, 0.3) is 0 Å². The molecule has 0 heterocycles. The standard InChI is InChI=1S/C11H22O2S/c1-9(2)8-14-7-5-6-11(3,4)10(12)13/h9H,5-8H2,1-4H3,(H,12,13). The quantitative estimate of drug-likeness (QED) is 0.666. The summed E-state index contributed by atoms with van der Waals surface area (Å²) in [5.74, 6) is 2.29. The molecule has 0 amide bonds. The fraction of sp³-hybridized carbons (Fsp3) is 0.909. The van der Waals surface area contributed by atoms with Gasteiger partial charge in [-0.2, -0.15) is 11.8 Å². The lowest BCUT2D eigenvalue weighted by Crippen LogP contribution is -2.23. The Bertz CT molecular complexity index is 176. The molecule has 0 radical (unpaired) electrons. The predicted octanol–water partition coefficient (Wildman–Crippen LogP) is 3.27. The van der Waals surface area contributed by atoms with Gasteiger partial charge in [-0.1, -0.05) is 13.8 Å². The van der Waals surface area contributed by atoms with E-state index in [0.717, 1.165) is 24.5 Å². The number of thioether (sulfide) groups is 1. The van der Waals surface area contributed by atoms with Crippen molar-refractivity contribution in [2.75, 3.05) is 11.5 Å². The summed E-state index contributed by atoms with van der Waals surface area (Å²) < 4.78 is 0. The average molecular weight is 218 g/mol. The summed E-state index contributed by atoms with van der Waals surface area (Å²) in [5.41, 5.74) is -0.557. The summed E-state index contributed by atoms with van der Waals surface area (Å²) in [4.78, 5) is 10.8. The van der Waals surface area contributed by atoms with Gasteiger partial charge in [-0.3, -0.25) is 4.79 Å². The van der Waals surface area contributed by atoms with Crippen LogP contribution in [-0.4, -0.2) is 22.6 Å². The first kappa shape index (κ1) is 13.8. The molecule has 0 spiro atoms. The summed E-state index contributed by atoms with van der Waals surface area (Å²) in [5, 5.41) is 8.88. The van der Waals surface area contributed by atoms with Crippen LogP contribution in [0.4, 0.5) is 0 Å². The third kappa shape index (κ3) is 6.30. The Hall–Kier alpha value is -0.180. The molecule has 0 saturated carbocycles. The second kappa shape index (κ2) is 6.33.